The Hall–Kier alpha value is -3.79. The summed E-state index contributed by atoms with van der Waals surface area (Å²) < 4.78 is 56.8. The molecular weight excluding hydrogens is 536 g/mol. The summed E-state index contributed by atoms with van der Waals surface area (Å²) >= 11 is 0. The highest BCUT2D eigenvalue weighted by Crippen LogP contribution is 2.27. The van der Waals surface area contributed by atoms with Crippen LogP contribution in [-0.2, 0) is 26.2 Å². The van der Waals surface area contributed by atoms with Gasteiger partial charge >= 0.3 is 0 Å². The largest absolute Gasteiger partial charge is 0.352 e. The molecule has 0 unspecified atom stereocenters. The van der Waals surface area contributed by atoms with E-state index in [0.29, 0.717) is 5.56 Å². The summed E-state index contributed by atoms with van der Waals surface area (Å²) in [4.78, 5) is 28.2. The van der Waals surface area contributed by atoms with Crippen molar-refractivity contribution in [2.45, 2.75) is 63.1 Å². The van der Waals surface area contributed by atoms with E-state index in [1.165, 1.54) is 59.5 Å². The SMILES string of the molecule is Cc1ccc(S(=O)(=O)N(CC(=O)N(Cc2ccc(F)cc2)[C@H](C)C(=O)NC2CCCC2)c2ccccc2F)cc1. The second-order valence-electron chi connectivity index (χ2n) is 10.1. The molecule has 0 bridgehead atoms. The Morgan fingerprint density at radius 1 is 0.950 bits per heavy atom. The quantitative estimate of drug-likeness (QED) is 0.375. The molecule has 0 aromatic heterocycles. The normalized spacial score (nSPS) is 14.5. The molecule has 1 fully saturated rings. The minimum Gasteiger partial charge on any atom is -0.352 e. The van der Waals surface area contributed by atoms with Gasteiger partial charge in [0, 0.05) is 12.6 Å². The number of sulfonamides is 1. The molecule has 1 aliphatic rings. The maximum absolute atomic E-state index is 15.0. The predicted octanol–water partition coefficient (Wildman–Crippen LogP) is 4.94. The van der Waals surface area contributed by atoms with Crippen LogP contribution in [0.15, 0.2) is 77.7 Å². The zero-order chi connectivity index (χ0) is 28.9. The van der Waals surface area contributed by atoms with Gasteiger partial charge in [0.25, 0.3) is 10.0 Å². The summed E-state index contributed by atoms with van der Waals surface area (Å²) in [5.74, 6) is -2.36. The molecule has 4 rings (SSSR count). The maximum atomic E-state index is 15.0. The van der Waals surface area contributed by atoms with Crippen molar-refractivity contribution in [1.29, 1.82) is 0 Å². The van der Waals surface area contributed by atoms with E-state index >= 15 is 0 Å². The van der Waals surface area contributed by atoms with Crippen molar-refractivity contribution in [1.82, 2.24) is 10.2 Å². The van der Waals surface area contributed by atoms with Crippen LogP contribution in [0, 0.1) is 18.6 Å². The lowest BCUT2D eigenvalue weighted by atomic mass is 10.1. The molecule has 1 atom stereocenters. The molecule has 3 aromatic carbocycles. The number of aryl methyl sites for hydroxylation is 1. The number of benzene rings is 3. The average molecular weight is 570 g/mol. The number of carbonyl (C=O) groups is 2. The summed E-state index contributed by atoms with van der Waals surface area (Å²) in [5.41, 5.74) is 1.09. The van der Waals surface area contributed by atoms with E-state index < -0.39 is 40.2 Å². The lowest BCUT2D eigenvalue weighted by molar-refractivity contribution is -0.139. The predicted molar refractivity (Wildman–Crippen MR) is 149 cm³/mol. The Morgan fingerprint density at radius 3 is 2.20 bits per heavy atom. The number of hydrogen-bond donors (Lipinski definition) is 1. The third-order valence-electron chi connectivity index (χ3n) is 7.14. The summed E-state index contributed by atoms with van der Waals surface area (Å²) in [5, 5.41) is 2.98. The Labute approximate surface area is 233 Å². The molecular formula is C30H33F2N3O4S. The van der Waals surface area contributed by atoms with Gasteiger partial charge in [-0.05, 0) is 68.7 Å². The molecule has 0 radical (unpaired) electrons. The van der Waals surface area contributed by atoms with Crippen molar-refractivity contribution in [3.63, 3.8) is 0 Å². The summed E-state index contributed by atoms with van der Waals surface area (Å²) in [6.07, 6.45) is 3.71. The van der Waals surface area contributed by atoms with E-state index in [4.69, 9.17) is 0 Å². The fourth-order valence-corrected chi connectivity index (χ4v) is 6.19. The van der Waals surface area contributed by atoms with E-state index in [1.807, 2.05) is 0 Å². The highest BCUT2D eigenvalue weighted by atomic mass is 32.2. The van der Waals surface area contributed by atoms with Crippen molar-refractivity contribution in [3.8, 4) is 0 Å². The van der Waals surface area contributed by atoms with Gasteiger partial charge in [-0.3, -0.25) is 13.9 Å². The van der Waals surface area contributed by atoms with Crippen LogP contribution in [0.5, 0.6) is 0 Å². The summed E-state index contributed by atoms with van der Waals surface area (Å²) in [7, 11) is -4.37. The van der Waals surface area contributed by atoms with Gasteiger partial charge in [0.1, 0.15) is 24.2 Å². The highest BCUT2D eigenvalue weighted by Gasteiger charge is 2.34. The van der Waals surface area contributed by atoms with Crippen molar-refractivity contribution < 1.29 is 26.8 Å². The van der Waals surface area contributed by atoms with Gasteiger partial charge < -0.3 is 10.2 Å². The second kappa shape index (κ2) is 12.6. The smallest absolute Gasteiger partial charge is 0.264 e. The fraction of sp³-hybridized carbons (Fsp3) is 0.333. The number of carbonyl (C=O) groups excluding carboxylic acids is 2. The first kappa shape index (κ1) is 29.2. The van der Waals surface area contributed by atoms with Crippen LogP contribution >= 0.6 is 0 Å². The lowest BCUT2D eigenvalue weighted by Gasteiger charge is -2.32. The standard InChI is InChI=1S/C30H33F2N3O4S/c1-21-11-17-26(18-12-21)40(38,39)35(28-10-6-5-9-27(28)32)20-29(36)34(19-23-13-15-24(31)16-14-23)22(2)30(37)33-25-7-3-4-8-25/h5-6,9-18,22,25H,3-4,7-8,19-20H2,1-2H3,(H,33,37)/t22-/m1/s1. The minimum atomic E-state index is -4.37. The third kappa shape index (κ3) is 6.85. The van der Waals surface area contributed by atoms with Gasteiger partial charge in [0.2, 0.25) is 11.8 Å². The van der Waals surface area contributed by atoms with E-state index in [-0.39, 0.29) is 29.1 Å². The minimum absolute atomic E-state index is 0.00884. The number of hydrogen-bond acceptors (Lipinski definition) is 4. The number of nitrogens with one attached hydrogen (secondary N) is 1. The van der Waals surface area contributed by atoms with Crippen LogP contribution in [0.2, 0.25) is 0 Å². The zero-order valence-corrected chi connectivity index (χ0v) is 23.3. The number of halogens is 2. The molecule has 0 saturated heterocycles. The summed E-state index contributed by atoms with van der Waals surface area (Å²) in [6.45, 7) is 2.54. The van der Waals surface area contributed by atoms with Crippen LogP contribution in [-0.4, -0.2) is 43.8 Å². The van der Waals surface area contributed by atoms with Crippen LogP contribution in [0.25, 0.3) is 0 Å². The molecule has 7 nitrogen and oxygen atoms in total. The van der Waals surface area contributed by atoms with E-state index in [9.17, 15) is 26.8 Å². The lowest BCUT2D eigenvalue weighted by Crippen LogP contribution is -2.52. The first-order valence-electron chi connectivity index (χ1n) is 13.2. The average Bonchev–Trinajstić information content (AvgIpc) is 3.44. The zero-order valence-electron chi connectivity index (χ0n) is 22.5. The topological polar surface area (TPSA) is 86.8 Å². The molecule has 3 aromatic rings. The third-order valence-corrected chi connectivity index (χ3v) is 8.92. The van der Waals surface area contributed by atoms with Crippen molar-refractivity contribution in [3.05, 3.63) is 95.6 Å². The Bertz CT molecular complexity index is 1440. The van der Waals surface area contributed by atoms with Crippen LogP contribution in [0.4, 0.5) is 14.5 Å². The highest BCUT2D eigenvalue weighted by molar-refractivity contribution is 7.92. The number of anilines is 1. The summed E-state index contributed by atoms with van der Waals surface area (Å²) in [6, 6.07) is 15.9. The molecule has 212 valence electrons. The number of amides is 2. The number of nitrogens with zero attached hydrogens (tertiary/aromatic N) is 2. The van der Waals surface area contributed by atoms with Crippen LogP contribution in [0.3, 0.4) is 0 Å². The Morgan fingerprint density at radius 2 is 1.57 bits per heavy atom. The van der Waals surface area contributed by atoms with Crippen molar-refractivity contribution in [2.24, 2.45) is 0 Å². The molecule has 1 N–H and O–H groups in total. The van der Waals surface area contributed by atoms with Gasteiger partial charge in [-0.25, -0.2) is 17.2 Å². The van der Waals surface area contributed by atoms with Crippen LogP contribution < -0.4 is 9.62 Å². The van der Waals surface area contributed by atoms with E-state index in [2.05, 4.69) is 5.32 Å². The monoisotopic (exact) mass is 569 g/mol. The molecule has 0 spiro atoms. The maximum Gasteiger partial charge on any atom is 0.264 e. The Kier molecular flexibility index (Phi) is 9.19. The van der Waals surface area contributed by atoms with Crippen molar-refractivity contribution in [2.75, 3.05) is 10.8 Å². The number of rotatable bonds is 10. The molecule has 10 heteroatoms. The molecule has 0 heterocycles. The van der Waals surface area contributed by atoms with Gasteiger partial charge in [0.05, 0.1) is 10.6 Å². The fourth-order valence-electron chi connectivity index (χ4n) is 4.77. The second-order valence-corrected chi connectivity index (χ2v) is 12.0. The molecule has 0 aliphatic heterocycles. The molecule has 2 amide bonds. The molecule has 1 aliphatic carbocycles. The molecule has 40 heavy (non-hydrogen) atoms. The first-order valence-corrected chi connectivity index (χ1v) is 14.7. The van der Waals surface area contributed by atoms with Gasteiger partial charge in [-0.15, -0.1) is 0 Å². The number of para-hydroxylation sites is 1. The van der Waals surface area contributed by atoms with Crippen molar-refractivity contribution >= 4 is 27.5 Å². The molecule has 1 saturated carbocycles. The van der Waals surface area contributed by atoms with E-state index in [0.717, 1.165) is 41.6 Å². The first-order chi connectivity index (χ1) is 19.1. The van der Waals surface area contributed by atoms with Gasteiger partial charge in [0.15, 0.2) is 0 Å². The van der Waals surface area contributed by atoms with Crippen LogP contribution in [0.1, 0.15) is 43.7 Å². The van der Waals surface area contributed by atoms with E-state index in [1.54, 1.807) is 26.0 Å². The Balaban J connectivity index is 1.69. The van der Waals surface area contributed by atoms with Gasteiger partial charge in [-0.2, -0.15) is 0 Å². The van der Waals surface area contributed by atoms with Gasteiger partial charge in [-0.1, -0.05) is 54.8 Å².